The number of anilines is 1. The van der Waals surface area contributed by atoms with Crippen LogP contribution in [0, 0.1) is 6.92 Å². The normalized spacial score (nSPS) is 11.5. The van der Waals surface area contributed by atoms with E-state index in [0.29, 0.717) is 28.2 Å². The molecule has 2 aromatic carbocycles. The van der Waals surface area contributed by atoms with Gasteiger partial charge >= 0.3 is 6.18 Å². The van der Waals surface area contributed by atoms with Crippen molar-refractivity contribution in [3.63, 3.8) is 0 Å². The smallest absolute Gasteiger partial charge is 0.382 e. The molecule has 3 N–H and O–H groups in total. The van der Waals surface area contributed by atoms with Gasteiger partial charge in [-0.1, -0.05) is 42.5 Å². The standard InChI is InChI=1S/C28H21F3N6O/c1-16-12-20(28(29,30)31)14-34-22(16)15-35-27(38)25-26(32)37-23(17-6-3-2-4-7-17)24(36-25)19-9-10-21-18(13-19)8-5-11-33-21/h2-14H,15H2,1H3,(H2,32,37)(H,35,38). The summed E-state index contributed by atoms with van der Waals surface area (Å²) in [5.41, 5.74) is 9.05. The third-order valence-electron chi connectivity index (χ3n) is 5.99. The Balaban J connectivity index is 1.51. The summed E-state index contributed by atoms with van der Waals surface area (Å²) in [4.78, 5) is 30.5. The van der Waals surface area contributed by atoms with Gasteiger partial charge < -0.3 is 11.1 Å². The van der Waals surface area contributed by atoms with Crippen LogP contribution in [0.2, 0.25) is 0 Å². The highest BCUT2D eigenvalue weighted by Crippen LogP contribution is 2.32. The number of nitrogen functional groups attached to an aromatic ring is 1. The van der Waals surface area contributed by atoms with Gasteiger partial charge in [0.15, 0.2) is 11.5 Å². The molecule has 0 bridgehead atoms. The fourth-order valence-electron chi connectivity index (χ4n) is 4.03. The zero-order valence-electron chi connectivity index (χ0n) is 20.1. The molecule has 7 nitrogen and oxygen atoms in total. The van der Waals surface area contributed by atoms with E-state index in [-0.39, 0.29) is 18.1 Å². The minimum Gasteiger partial charge on any atom is -0.382 e. The predicted molar refractivity (Wildman–Crippen MR) is 138 cm³/mol. The molecule has 0 aliphatic carbocycles. The molecule has 0 radical (unpaired) electrons. The molecular formula is C28H21F3N6O. The van der Waals surface area contributed by atoms with Crippen molar-refractivity contribution in [1.29, 1.82) is 0 Å². The number of amides is 1. The molecule has 0 aliphatic rings. The number of fused-ring (bicyclic) bond motifs is 1. The Morgan fingerprint density at radius 2 is 1.68 bits per heavy atom. The van der Waals surface area contributed by atoms with E-state index in [1.165, 1.54) is 6.92 Å². The van der Waals surface area contributed by atoms with E-state index in [2.05, 4.69) is 25.3 Å². The van der Waals surface area contributed by atoms with E-state index in [1.54, 1.807) is 6.20 Å². The monoisotopic (exact) mass is 514 g/mol. The van der Waals surface area contributed by atoms with Gasteiger partial charge in [0.1, 0.15) is 0 Å². The van der Waals surface area contributed by atoms with Gasteiger partial charge in [-0.25, -0.2) is 9.97 Å². The average molecular weight is 515 g/mol. The van der Waals surface area contributed by atoms with Crippen molar-refractivity contribution in [1.82, 2.24) is 25.3 Å². The second-order valence-electron chi connectivity index (χ2n) is 8.60. The van der Waals surface area contributed by atoms with Gasteiger partial charge in [-0.3, -0.25) is 14.8 Å². The van der Waals surface area contributed by atoms with E-state index in [4.69, 9.17) is 5.73 Å². The van der Waals surface area contributed by atoms with E-state index >= 15 is 0 Å². The third kappa shape index (κ3) is 5.01. The van der Waals surface area contributed by atoms with Crippen LogP contribution in [0.5, 0.6) is 0 Å². The lowest BCUT2D eigenvalue weighted by Gasteiger charge is -2.14. The molecule has 0 spiro atoms. The molecule has 3 aromatic heterocycles. The molecule has 10 heteroatoms. The summed E-state index contributed by atoms with van der Waals surface area (Å²) >= 11 is 0. The summed E-state index contributed by atoms with van der Waals surface area (Å²) < 4.78 is 38.9. The first-order valence-electron chi connectivity index (χ1n) is 11.6. The molecule has 1 amide bonds. The highest BCUT2D eigenvalue weighted by Gasteiger charge is 2.31. The van der Waals surface area contributed by atoms with Crippen molar-refractivity contribution in [3.8, 4) is 22.5 Å². The maximum atomic E-state index is 13.1. The first-order valence-corrected chi connectivity index (χ1v) is 11.6. The van der Waals surface area contributed by atoms with Crippen molar-refractivity contribution in [2.45, 2.75) is 19.6 Å². The van der Waals surface area contributed by atoms with Crippen LogP contribution in [-0.2, 0) is 12.7 Å². The highest BCUT2D eigenvalue weighted by molar-refractivity contribution is 5.98. The zero-order chi connectivity index (χ0) is 26.9. The summed E-state index contributed by atoms with van der Waals surface area (Å²) in [6.45, 7) is 1.39. The van der Waals surface area contributed by atoms with Gasteiger partial charge in [-0.05, 0) is 36.8 Å². The maximum Gasteiger partial charge on any atom is 0.417 e. The van der Waals surface area contributed by atoms with Gasteiger partial charge in [0.25, 0.3) is 5.91 Å². The van der Waals surface area contributed by atoms with E-state index in [9.17, 15) is 18.0 Å². The van der Waals surface area contributed by atoms with Crippen molar-refractivity contribution in [2.24, 2.45) is 0 Å². The minimum absolute atomic E-state index is 0.0790. The topological polar surface area (TPSA) is 107 Å². The van der Waals surface area contributed by atoms with Crippen molar-refractivity contribution >= 4 is 22.6 Å². The number of rotatable bonds is 5. The number of hydrogen-bond acceptors (Lipinski definition) is 6. The lowest BCUT2D eigenvalue weighted by atomic mass is 10.0. The maximum absolute atomic E-state index is 13.1. The van der Waals surface area contributed by atoms with Crippen LogP contribution in [0.25, 0.3) is 33.4 Å². The number of hydrogen-bond donors (Lipinski definition) is 2. The summed E-state index contributed by atoms with van der Waals surface area (Å²) in [7, 11) is 0. The lowest BCUT2D eigenvalue weighted by molar-refractivity contribution is -0.137. The number of alkyl halides is 3. The number of aromatic nitrogens is 4. The molecule has 5 aromatic rings. The van der Waals surface area contributed by atoms with Crippen molar-refractivity contribution in [3.05, 3.63) is 102 Å². The number of halogens is 3. The van der Waals surface area contributed by atoms with Gasteiger partial charge in [-0.2, -0.15) is 13.2 Å². The van der Waals surface area contributed by atoms with Gasteiger partial charge in [0.2, 0.25) is 0 Å². The number of aryl methyl sites for hydroxylation is 1. The molecule has 0 fully saturated rings. The van der Waals surface area contributed by atoms with Crippen LogP contribution < -0.4 is 11.1 Å². The van der Waals surface area contributed by atoms with Crippen LogP contribution in [0.4, 0.5) is 19.0 Å². The highest BCUT2D eigenvalue weighted by atomic mass is 19.4. The number of pyridine rings is 2. The second-order valence-corrected chi connectivity index (χ2v) is 8.60. The fraction of sp³-hybridized carbons (Fsp3) is 0.107. The van der Waals surface area contributed by atoms with Gasteiger partial charge in [0.05, 0.1) is 34.7 Å². The Labute approximate surface area is 215 Å². The number of carbonyl (C=O) groups is 1. The molecule has 0 saturated carbocycles. The van der Waals surface area contributed by atoms with E-state index in [0.717, 1.165) is 28.7 Å². The van der Waals surface area contributed by atoms with Crippen molar-refractivity contribution < 1.29 is 18.0 Å². The average Bonchev–Trinajstić information content (AvgIpc) is 2.91. The molecule has 190 valence electrons. The summed E-state index contributed by atoms with van der Waals surface area (Å²) in [6, 6.07) is 19.7. The number of benzene rings is 2. The summed E-state index contributed by atoms with van der Waals surface area (Å²) in [5, 5.41) is 3.53. The second kappa shape index (κ2) is 9.89. The van der Waals surface area contributed by atoms with Crippen LogP contribution >= 0.6 is 0 Å². The Kier molecular flexibility index (Phi) is 6.46. The van der Waals surface area contributed by atoms with Gasteiger partial charge in [-0.15, -0.1) is 0 Å². The van der Waals surface area contributed by atoms with Crippen LogP contribution in [0.1, 0.15) is 27.3 Å². The molecule has 0 aliphatic heterocycles. The number of carbonyl (C=O) groups excluding carboxylic acids is 1. The van der Waals surface area contributed by atoms with Crippen molar-refractivity contribution in [2.75, 3.05) is 5.73 Å². The SMILES string of the molecule is Cc1cc(C(F)(F)F)cnc1CNC(=O)c1nc(-c2ccc3ncccc3c2)c(-c2ccccc2)nc1N. The summed E-state index contributed by atoms with van der Waals surface area (Å²) in [6.07, 6.45) is -2.06. The van der Waals surface area contributed by atoms with Crippen LogP contribution in [0.3, 0.4) is 0 Å². The molecule has 0 unspecified atom stereocenters. The predicted octanol–water partition coefficient (Wildman–Crippen LogP) is 5.59. The summed E-state index contributed by atoms with van der Waals surface area (Å²) in [5.74, 6) is -0.705. The van der Waals surface area contributed by atoms with Gasteiger partial charge in [0, 0.05) is 28.9 Å². The lowest BCUT2D eigenvalue weighted by Crippen LogP contribution is -2.26. The number of nitrogens with two attached hydrogens (primary N) is 1. The third-order valence-corrected chi connectivity index (χ3v) is 5.99. The minimum atomic E-state index is -4.50. The fourth-order valence-corrected chi connectivity index (χ4v) is 4.03. The first kappa shape index (κ1) is 24.8. The molecular weight excluding hydrogens is 493 g/mol. The van der Waals surface area contributed by atoms with Crippen LogP contribution in [0.15, 0.2) is 79.1 Å². The molecule has 5 rings (SSSR count). The molecule has 3 heterocycles. The van der Waals surface area contributed by atoms with E-state index < -0.39 is 17.6 Å². The molecule has 38 heavy (non-hydrogen) atoms. The largest absolute Gasteiger partial charge is 0.417 e. The number of nitrogens with zero attached hydrogens (tertiary/aromatic N) is 4. The Bertz CT molecular complexity index is 1650. The first-order chi connectivity index (χ1) is 18.2. The Morgan fingerprint density at radius 1 is 0.921 bits per heavy atom. The zero-order valence-corrected chi connectivity index (χ0v) is 20.1. The van der Waals surface area contributed by atoms with Crippen LogP contribution in [-0.4, -0.2) is 25.8 Å². The Hall–Kier alpha value is -4.86. The number of nitrogens with one attached hydrogen (secondary N) is 1. The van der Waals surface area contributed by atoms with E-state index in [1.807, 2.05) is 60.7 Å². The molecule has 0 atom stereocenters. The quantitative estimate of drug-likeness (QED) is 0.317. The molecule has 0 saturated heterocycles. The Morgan fingerprint density at radius 3 is 2.42 bits per heavy atom.